The van der Waals surface area contributed by atoms with Crippen molar-refractivity contribution < 1.29 is 0 Å². The van der Waals surface area contributed by atoms with Gasteiger partial charge in [-0.15, -0.1) is 0 Å². The molecule has 0 radical (unpaired) electrons. The Balaban J connectivity index is 1.20. The van der Waals surface area contributed by atoms with E-state index in [4.69, 9.17) is 0 Å². The van der Waals surface area contributed by atoms with Crippen LogP contribution < -0.4 is 9.80 Å². The fourth-order valence-electron chi connectivity index (χ4n) is 7.21. The predicted molar refractivity (Wildman–Crippen MR) is 205 cm³/mol. The normalized spacial score (nSPS) is 11.3. The second-order valence-corrected chi connectivity index (χ2v) is 12.2. The molecule has 0 aromatic heterocycles. The molecule has 0 saturated heterocycles. The highest BCUT2D eigenvalue weighted by atomic mass is 15.1. The third-order valence-corrected chi connectivity index (χ3v) is 9.38. The Labute approximate surface area is 280 Å². The number of rotatable bonds is 7. The van der Waals surface area contributed by atoms with E-state index in [9.17, 15) is 0 Å². The molecule has 0 spiro atoms. The minimum absolute atomic E-state index is 1.13. The maximum atomic E-state index is 2.37. The summed E-state index contributed by atoms with van der Waals surface area (Å²) in [6.07, 6.45) is 0. The van der Waals surface area contributed by atoms with Crippen molar-refractivity contribution in [3.8, 4) is 11.1 Å². The molecule has 226 valence electrons. The summed E-state index contributed by atoms with van der Waals surface area (Å²) in [5, 5.41) is 7.63. The zero-order valence-electron chi connectivity index (χ0n) is 26.4. The Kier molecular flexibility index (Phi) is 6.84. The van der Waals surface area contributed by atoms with Crippen LogP contribution in [0.5, 0.6) is 0 Å². The van der Waals surface area contributed by atoms with Crippen LogP contribution in [0.2, 0.25) is 0 Å². The Bertz CT molecular complexity index is 2400. The third-order valence-electron chi connectivity index (χ3n) is 9.38. The number of para-hydroxylation sites is 4. The quantitative estimate of drug-likeness (QED) is 0.165. The minimum atomic E-state index is 1.13. The molecule has 0 bridgehead atoms. The average molecular weight is 613 g/mol. The van der Waals surface area contributed by atoms with Crippen molar-refractivity contribution >= 4 is 66.4 Å². The molecule has 0 saturated carbocycles. The summed E-state index contributed by atoms with van der Waals surface area (Å²) in [5.41, 5.74) is 9.28. The standard InChI is InChI=1S/C46H32N2/c1-5-13-36(14-6-1)47(37-15-7-2-8-16-37)40-27-21-33(22-28-40)41-29-23-34-25-31-43-44(32-26-35-24-30-42(41)45(34)46(35)43)48(38-17-9-3-10-18-38)39-19-11-4-12-20-39/h1-32H. The number of benzene rings is 9. The van der Waals surface area contributed by atoms with E-state index in [1.165, 1.54) is 49.1 Å². The van der Waals surface area contributed by atoms with Gasteiger partial charge in [0.15, 0.2) is 0 Å². The van der Waals surface area contributed by atoms with Crippen LogP contribution in [-0.2, 0) is 0 Å². The number of hydrogen-bond acceptors (Lipinski definition) is 2. The van der Waals surface area contributed by atoms with Gasteiger partial charge in [-0.25, -0.2) is 0 Å². The molecule has 0 aliphatic carbocycles. The Morgan fingerprint density at radius 2 is 0.667 bits per heavy atom. The number of anilines is 6. The fraction of sp³-hybridized carbons (Fsp3) is 0. The van der Waals surface area contributed by atoms with Gasteiger partial charge in [-0.1, -0.05) is 127 Å². The first-order valence-electron chi connectivity index (χ1n) is 16.4. The highest BCUT2D eigenvalue weighted by Crippen LogP contribution is 2.45. The van der Waals surface area contributed by atoms with Crippen LogP contribution in [0.1, 0.15) is 0 Å². The van der Waals surface area contributed by atoms with E-state index >= 15 is 0 Å². The van der Waals surface area contributed by atoms with Crippen molar-refractivity contribution in [2.24, 2.45) is 0 Å². The molecule has 0 aliphatic heterocycles. The van der Waals surface area contributed by atoms with Gasteiger partial charge in [0.05, 0.1) is 5.69 Å². The Morgan fingerprint density at radius 3 is 1.19 bits per heavy atom. The molecule has 0 fully saturated rings. The molecule has 0 atom stereocenters. The lowest BCUT2D eigenvalue weighted by Crippen LogP contribution is -2.10. The van der Waals surface area contributed by atoms with E-state index in [0.29, 0.717) is 0 Å². The third kappa shape index (κ3) is 4.74. The van der Waals surface area contributed by atoms with E-state index in [1.807, 2.05) is 0 Å². The fourth-order valence-corrected chi connectivity index (χ4v) is 7.21. The lowest BCUT2D eigenvalue weighted by Gasteiger charge is -2.27. The molecule has 0 unspecified atom stereocenters. The molecule has 2 heteroatoms. The summed E-state index contributed by atoms with van der Waals surface area (Å²) in [6, 6.07) is 69.7. The topological polar surface area (TPSA) is 6.48 Å². The van der Waals surface area contributed by atoms with Crippen LogP contribution in [0, 0.1) is 0 Å². The molecule has 9 rings (SSSR count). The molecule has 0 aliphatic rings. The molecule has 0 N–H and O–H groups in total. The van der Waals surface area contributed by atoms with Crippen LogP contribution in [-0.4, -0.2) is 0 Å². The zero-order chi connectivity index (χ0) is 31.9. The average Bonchev–Trinajstić information content (AvgIpc) is 3.16. The Hall–Kier alpha value is -6.38. The molecule has 2 nitrogen and oxygen atoms in total. The van der Waals surface area contributed by atoms with Gasteiger partial charge in [-0.3, -0.25) is 0 Å². The first-order valence-corrected chi connectivity index (χ1v) is 16.4. The van der Waals surface area contributed by atoms with Crippen LogP contribution in [0.15, 0.2) is 194 Å². The summed E-state index contributed by atoms with van der Waals surface area (Å²) in [6.45, 7) is 0. The second kappa shape index (κ2) is 11.8. The molecular formula is C46H32N2. The van der Waals surface area contributed by atoms with Crippen molar-refractivity contribution in [2.75, 3.05) is 9.80 Å². The maximum Gasteiger partial charge on any atom is 0.0540 e. The van der Waals surface area contributed by atoms with Crippen molar-refractivity contribution in [1.82, 2.24) is 0 Å². The van der Waals surface area contributed by atoms with Gasteiger partial charge >= 0.3 is 0 Å². The van der Waals surface area contributed by atoms with Crippen LogP contribution in [0.4, 0.5) is 34.1 Å². The smallest absolute Gasteiger partial charge is 0.0540 e. The van der Waals surface area contributed by atoms with E-state index in [1.54, 1.807) is 0 Å². The first-order chi connectivity index (χ1) is 23.8. The molecule has 9 aromatic carbocycles. The van der Waals surface area contributed by atoms with Gasteiger partial charge in [-0.2, -0.15) is 0 Å². The summed E-state index contributed by atoms with van der Waals surface area (Å²) in [5.74, 6) is 0. The van der Waals surface area contributed by atoms with Gasteiger partial charge in [0.1, 0.15) is 0 Å². The molecule has 48 heavy (non-hydrogen) atoms. The maximum absolute atomic E-state index is 2.37. The SMILES string of the molecule is c1ccc(N(c2ccccc2)c2ccc(-c3ccc4ccc5c(N(c6ccccc6)c6ccccc6)ccc6ccc3c4c65)cc2)cc1. The zero-order valence-corrected chi connectivity index (χ0v) is 26.4. The summed E-state index contributed by atoms with van der Waals surface area (Å²) in [7, 11) is 0. The highest BCUT2D eigenvalue weighted by molar-refractivity contribution is 6.27. The monoisotopic (exact) mass is 612 g/mol. The van der Waals surface area contributed by atoms with Crippen LogP contribution in [0.25, 0.3) is 43.4 Å². The lowest BCUT2D eigenvalue weighted by molar-refractivity contribution is 1.28. The van der Waals surface area contributed by atoms with Gasteiger partial charge in [0, 0.05) is 33.8 Å². The predicted octanol–water partition coefficient (Wildman–Crippen LogP) is 13.2. The van der Waals surface area contributed by atoms with Crippen molar-refractivity contribution in [3.63, 3.8) is 0 Å². The summed E-state index contributed by atoms with van der Waals surface area (Å²) in [4.78, 5) is 4.68. The number of hydrogen-bond donors (Lipinski definition) is 0. The summed E-state index contributed by atoms with van der Waals surface area (Å²) >= 11 is 0. The number of nitrogens with zero attached hydrogens (tertiary/aromatic N) is 2. The molecule has 0 heterocycles. The van der Waals surface area contributed by atoms with Crippen LogP contribution in [0.3, 0.4) is 0 Å². The van der Waals surface area contributed by atoms with Gasteiger partial charge in [-0.05, 0) is 105 Å². The molecular weight excluding hydrogens is 581 g/mol. The van der Waals surface area contributed by atoms with E-state index in [-0.39, 0.29) is 0 Å². The van der Waals surface area contributed by atoms with E-state index in [0.717, 1.165) is 28.4 Å². The van der Waals surface area contributed by atoms with E-state index < -0.39 is 0 Å². The van der Waals surface area contributed by atoms with Crippen molar-refractivity contribution in [1.29, 1.82) is 0 Å². The molecule has 0 amide bonds. The first kappa shape index (κ1) is 27.9. The minimum Gasteiger partial charge on any atom is -0.311 e. The summed E-state index contributed by atoms with van der Waals surface area (Å²) < 4.78 is 0. The van der Waals surface area contributed by atoms with Crippen molar-refractivity contribution in [2.45, 2.75) is 0 Å². The highest BCUT2D eigenvalue weighted by Gasteiger charge is 2.19. The van der Waals surface area contributed by atoms with Crippen molar-refractivity contribution in [3.05, 3.63) is 194 Å². The van der Waals surface area contributed by atoms with Crippen LogP contribution >= 0.6 is 0 Å². The van der Waals surface area contributed by atoms with Gasteiger partial charge in [0.25, 0.3) is 0 Å². The van der Waals surface area contributed by atoms with Gasteiger partial charge in [0.2, 0.25) is 0 Å². The largest absolute Gasteiger partial charge is 0.311 e. The van der Waals surface area contributed by atoms with Gasteiger partial charge < -0.3 is 9.80 Å². The lowest BCUT2D eigenvalue weighted by atomic mass is 9.89. The second-order valence-electron chi connectivity index (χ2n) is 12.2. The van der Waals surface area contributed by atoms with E-state index in [2.05, 4.69) is 204 Å². The Morgan fingerprint density at radius 1 is 0.271 bits per heavy atom. The molecule has 9 aromatic rings.